The Balaban J connectivity index is 1.96. The van der Waals surface area contributed by atoms with Gasteiger partial charge in [0.05, 0.1) is 0 Å². The van der Waals surface area contributed by atoms with Crippen LogP contribution in [0, 0.1) is 0 Å². The average molecular weight is 219 g/mol. The van der Waals surface area contributed by atoms with Crippen LogP contribution in [0.1, 0.15) is 25.3 Å². The minimum absolute atomic E-state index is 0.283. The van der Waals surface area contributed by atoms with Crippen molar-refractivity contribution >= 4 is 0 Å². The van der Waals surface area contributed by atoms with Gasteiger partial charge in [0.2, 0.25) is 0 Å². The molecule has 1 atom stereocenters. The Kier molecular flexibility index (Phi) is 3.56. The van der Waals surface area contributed by atoms with E-state index in [2.05, 4.69) is 41.3 Å². The topological polar surface area (TPSA) is 28.2 Å². The number of piperidine rings is 1. The molecule has 1 aromatic heterocycles. The van der Waals surface area contributed by atoms with Gasteiger partial charge in [-0.15, -0.1) is 0 Å². The number of hydrogen-bond acceptors (Lipinski definition) is 3. The zero-order chi connectivity index (χ0) is 11.4. The van der Waals surface area contributed by atoms with Gasteiger partial charge in [0, 0.05) is 31.0 Å². The SMILES string of the molecule is CNC1(C)CCCN(Cc2ccncc2)C1. The van der Waals surface area contributed by atoms with Crippen LogP contribution in [0.25, 0.3) is 0 Å². The predicted octanol–water partition coefficient (Wildman–Crippen LogP) is 1.66. The molecule has 3 nitrogen and oxygen atoms in total. The standard InChI is InChI=1S/C13H21N3/c1-13(14-2)6-3-9-16(11-13)10-12-4-7-15-8-5-12/h4-5,7-8,14H,3,6,9-11H2,1-2H3. The lowest BCUT2D eigenvalue weighted by molar-refractivity contribution is 0.133. The van der Waals surface area contributed by atoms with E-state index in [1.807, 2.05) is 12.4 Å². The van der Waals surface area contributed by atoms with Crippen LogP contribution in [0.2, 0.25) is 0 Å². The van der Waals surface area contributed by atoms with E-state index in [1.165, 1.54) is 24.9 Å². The molecule has 1 aromatic rings. The van der Waals surface area contributed by atoms with Crippen LogP contribution in [-0.2, 0) is 6.54 Å². The maximum atomic E-state index is 4.05. The molecule has 0 spiro atoms. The molecule has 3 heteroatoms. The van der Waals surface area contributed by atoms with E-state index in [4.69, 9.17) is 0 Å². The summed E-state index contributed by atoms with van der Waals surface area (Å²) in [6.07, 6.45) is 6.30. The van der Waals surface area contributed by atoms with Gasteiger partial charge in [-0.05, 0) is 51.1 Å². The maximum absolute atomic E-state index is 4.05. The van der Waals surface area contributed by atoms with Crippen LogP contribution in [0.5, 0.6) is 0 Å². The number of nitrogens with zero attached hydrogens (tertiary/aromatic N) is 2. The second-order valence-electron chi connectivity index (χ2n) is 4.98. The van der Waals surface area contributed by atoms with E-state index in [0.29, 0.717) is 0 Å². The van der Waals surface area contributed by atoms with Gasteiger partial charge in [0.15, 0.2) is 0 Å². The van der Waals surface area contributed by atoms with Crippen LogP contribution in [0.4, 0.5) is 0 Å². The Morgan fingerprint density at radius 3 is 2.88 bits per heavy atom. The van der Waals surface area contributed by atoms with Gasteiger partial charge in [-0.25, -0.2) is 0 Å². The maximum Gasteiger partial charge on any atom is 0.0278 e. The van der Waals surface area contributed by atoms with Crippen LogP contribution in [-0.4, -0.2) is 35.6 Å². The number of nitrogens with one attached hydrogen (secondary N) is 1. The van der Waals surface area contributed by atoms with Gasteiger partial charge >= 0.3 is 0 Å². The van der Waals surface area contributed by atoms with Gasteiger partial charge in [-0.3, -0.25) is 9.88 Å². The molecule has 0 aromatic carbocycles. The monoisotopic (exact) mass is 219 g/mol. The first-order valence-electron chi connectivity index (χ1n) is 6.02. The quantitative estimate of drug-likeness (QED) is 0.838. The van der Waals surface area contributed by atoms with E-state index in [-0.39, 0.29) is 5.54 Å². The molecule has 16 heavy (non-hydrogen) atoms. The number of likely N-dealkylation sites (tertiary alicyclic amines) is 1. The van der Waals surface area contributed by atoms with E-state index in [0.717, 1.165) is 13.1 Å². The van der Waals surface area contributed by atoms with Crippen LogP contribution < -0.4 is 5.32 Å². The Morgan fingerprint density at radius 2 is 2.19 bits per heavy atom. The molecule has 1 unspecified atom stereocenters. The first-order valence-corrected chi connectivity index (χ1v) is 6.02. The Hall–Kier alpha value is -0.930. The highest BCUT2D eigenvalue weighted by Crippen LogP contribution is 2.21. The summed E-state index contributed by atoms with van der Waals surface area (Å²) in [5.41, 5.74) is 1.64. The zero-order valence-electron chi connectivity index (χ0n) is 10.2. The summed E-state index contributed by atoms with van der Waals surface area (Å²) in [5, 5.41) is 3.44. The molecule has 0 amide bonds. The largest absolute Gasteiger partial charge is 0.313 e. The number of aromatic nitrogens is 1. The normalized spacial score (nSPS) is 26.9. The number of hydrogen-bond donors (Lipinski definition) is 1. The van der Waals surface area contributed by atoms with Gasteiger partial charge < -0.3 is 5.32 Å². The predicted molar refractivity (Wildman–Crippen MR) is 66.2 cm³/mol. The van der Waals surface area contributed by atoms with Crippen molar-refractivity contribution in [3.05, 3.63) is 30.1 Å². The lowest BCUT2D eigenvalue weighted by Gasteiger charge is -2.40. The Morgan fingerprint density at radius 1 is 1.44 bits per heavy atom. The van der Waals surface area contributed by atoms with Crippen LogP contribution >= 0.6 is 0 Å². The first-order chi connectivity index (χ1) is 7.72. The number of pyridine rings is 1. The van der Waals surface area contributed by atoms with E-state index in [9.17, 15) is 0 Å². The fourth-order valence-corrected chi connectivity index (χ4v) is 2.43. The fraction of sp³-hybridized carbons (Fsp3) is 0.615. The molecule has 88 valence electrons. The van der Waals surface area contributed by atoms with Gasteiger partial charge in [-0.1, -0.05) is 0 Å². The molecule has 1 fully saturated rings. The Labute approximate surface area is 97.9 Å². The highest BCUT2D eigenvalue weighted by atomic mass is 15.2. The summed E-state index contributed by atoms with van der Waals surface area (Å²) in [4.78, 5) is 6.58. The summed E-state index contributed by atoms with van der Waals surface area (Å²) in [7, 11) is 2.07. The van der Waals surface area contributed by atoms with Gasteiger partial charge in [0.1, 0.15) is 0 Å². The molecule has 1 N–H and O–H groups in total. The third-order valence-electron chi connectivity index (χ3n) is 3.53. The summed E-state index contributed by atoms with van der Waals surface area (Å²) < 4.78 is 0. The molecule has 1 aliphatic rings. The lowest BCUT2D eigenvalue weighted by atomic mass is 9.91. The highest BCUT2D eigenvalue weighted by Gasteiger charge is 2.28. The highest BCUT2D eigenvalue weighted by molar-refractivity contribution is 5.10. The molecule has 0 aliphatic carbocycles. The fourth-order valence-electron chi connectivity index (χ4n) is 2.43. The van der Waals surface area contributed by atoms with Crippen molar-refractivity contribution in [1.82, 2.24) is 15.2 Å². The van der Waals surface area contributed by atoms with Crippen molar-refractivity contribution in [3.63, 3.8) is 0 Å². The van der Waals surface area contributed by atoms with Crippen molar-refractivity contribution in [2.24, 2.45) is 0 Å². The van der Waals surface area contributed by atoms with E-state index >= 15 is 0 Å². The minimum Gasteiger partial charge on any atom is -0.313 e. The second-order valence-corrected chi connectivity index (χ2v) is 4.98. The molecule has 2 heterocycles. The van der Waals surface area contributed by atoms with Gasteiger partial charge in [0.25, 0.3) is 0 Å². The summed E-state index contributed by atoms with van der Waals surface area (Å²) >= 11 is 0. The third-order valence-corrected chi connectivity index (χ3v) is 3.53. The van der Waals surface area contributed by atoms with E-state index < -0.39 is 0 Å². The summed E-state index contributed by atoms with van der Waals surface area (Å²) in [5.74, 6) is 0. The first kappa shape index (κ1) is 11.6. The lowest BCUT2D eigenvalue weighted by Crippen LogP contribution is -2.53. The smallest absolute Gasteiger partial charge is 0.0278 e. The summed E-state index contributed by atoms with van der Waals surface area (Å²) in [6.45, 7) is 5.69. The molecule has 1 aliphatic heterocycles. The molecule has 0 bridgehead atoms. The summed E-state index contributed by atoms with van der Waals surface area (Å²) in [6, 6.07) is 4.20. The molecular formula is C13H21N3. The van der Waals surface area contributed by atoms with Crippen molar-refractivity contribution in [1.29, 1.82) is 0 Å². The molecule has 0 saturated carbocycles. The minimum atomic E-state index is 0.283. The van der Waals surface area contributed by atoms with Gasteiger partial charge in [-0.2, -0.15) is 0 Å². The molecule has 0 radical (unpaired) electrons. The molecule has 2 rings (SSSR count). The van der Waals surface area contributed by atoms with Crippen LogP contribution in [0.15, 0.2) is 24.5 Å². The second kappa shape index (κ2) is 4.93. The van der Waals surface area contributed by atoms with Crippen molar-refractivity contribution in [2.45, 2.75) is 31.8 Å². The average Bonchev–Trinajstić information content (AvgIpc) is 2.30. The van der Waals surface area contributed by atoms with Crippen molar-refractivity contribution < 1.29 is 0 Å². The molecular weight excluding hydrogens is 198 g/mol. The zero-order valence-corrected chi connectivity index (χ0v) is 10.2. The Bertz CT molecular complexity index is 325. The van der Waals surface area contributed by atoms with Crippen molar-refractivity contribution in [2.75, 3.05) is 20.1 Å². The van der Waals surface area contributed by atoms with Crippen LogP contribution in [0.3, 0.4) is 0 Å². The number of likely N-dealkylation sites (N-methyl/N-ethyl adjacent to an activating group) is 1. The van der Waals surface area contributed by atoms with Crippen molar-refractivity contribution in [3.8, 4) is 0 Å². The number of rotatable bonds is 3. The molecule has 1 saturated heterocycles. The third kappa shape index (κ3) is 2.80. The van der Waals surface area contributed by atoms with E-state index in [1.54, 1.807) is 0 Å².